The van der Waals surface area contributed by atoms with Crippen LogP contribution in [0.15, 0.2) is 42.5 Å². The van der Waals surface area contributed by atoms with Crippen molar-refractivity contribution >= 4 is 11.9 Å². The van der Waals surface area contributed by atoms with E-state index < -0.39 is 0 Å². The largest absolute Gasteiger partial charge is 0.493 e. The lowest BCUT2D eigenvalue weighted by atomic mass is 9.78. The van der Waals surface area contributed by atoms with Gasteiger partial charge < -0.3 is 19.1 Å². The van der Waals surface area contributed by atoms with Crippen molar-refractivity contribution in [3.05, 3.63) is 59.2 Å². The summed E-state index contributed by atoms with van der Waals surface area (Å²) in [7, 11) is 6.61. The van der Waals surface area contributed by atoms with E-state index in [1.54, 1.807) is 46.5 Å². The first-order valence-electron chi connectivity index (χ1n) is 12.9. The number of likely N-dealkylation sites (tertiary alicyclic amines) is 1. The zero-order valence-corrected chi connectivity index (χ0v) is 21.9. The van der Waals surface area contributed by atoms with Gasteiger partial charge in [-0.15, -0.1) is 0 Å². The maximum atomic E-state index is 12.7. The molecule has 194 valence electrons. The van der Waals surface area contributed by atoms with Gasteiger partial charge in [-0.1, -0.05) is 30.7 Å². The third kappa shape index (κ3) is 5.67. The Balaban J connectivity index is 1.32. The summed E-state index contributed by atoms with van der Waals surface area (Å²) in [6, 6.07) is 14.3. The Labute approximate surface area is 214 Å². The first-order chi connectivity index (χ1) is 17.4. The van der Waals surface area contributed by atoms with Crippen LogP contribution in [0.3, 0.4) is 0 Å². The summed E-state index contributed by atoms with van der Waals surface area (Å²) >= 11 is 0. The number of nitrogens with zero attached hydrogens (tertiary/aromatic N) is 2. The Morgan fingerprint density at radius 1 is 1.00 bits per heavy atom. The molecule has 3 unspecified atom stereocenters. The number of fused-ring (bicyclic) bond motifs is 3. The van der Waals surface area contributed by atoms with E-state index in [9.17, 15) is 9.59 Å². The molecular weight excluding hydrogens is 456 g/mol. The molecule has 0 bridgehead atoms. The van der Waals surface area contributed by atoms with Crippen LogP contribution >= 0.6 is 0 Å². The molecule has 0 radical (unpaired) electrons. The van der Waals surface area contributed by atoms with Gasteiger partial charge in [0.05, 0.1) is 14.2 Å². The van der Waals surface area contributed by atoms with Crippen molar-refractivity contribution in [1.29, 1.82) is 0 Å². The highest BCUT2D eigenvalue weighted by Gasteiger charge is 2.46. The highest BCUT2D eigenvalue weighted by Crippen LogP contribution is 2.43. The number of hydrogen-bond donors (Lipinski definition) is 0. The van der Waals surface area contributed by atoms with E-state index in [0.29, 0.717) is 29.5 Å². The van der Waals surface area contributed by atoms with Crippen molar-refractivity contribution in [2.75, 3.05) is 41.4 Å². The van der Waals surface area contributed by atoms with Crippen LogP contribution in [0.2, 0.25) is 0 Å². The fourth-order valence-corrected chi connectivity index (χ4v) is 5.65. The summed E-state index contributed by atoms with van der Waals surface area (Å²) in [5.41, 5.74) is 3.36. The zero-order chi connectivity index (χ0) is 25.7. The van der Waals surface area contributed by atoms with Crippen molar-refractivity contribution in [3.63, 3.8) is 0 Å². The minimum Gasteiger partial charge on any atom is -0.493 e. The number of ether oxygens (including phenoxy) is 3. The summed E-state index contributed by atoms with van der Waals surface area (Å²) in [6.07, 6.45) is 5.06. The van der Waals surface area contributed by atoms with Crippen LogP contribution in [0.4, 0.5) is 4.79 Å². The molecular formula is C29H38N2O5. The van der Waals surface area contributed by atoms with Crippen LogP contribution in [0, 0.1) is 0 Å². The van der Waals surface area contributed by atoms with Gasteiger partial charge in [0.25, 0.3) is 0 Å². The molecule has 0 spiro atoms. The highest BCUT2D eigenvalue weighted by atomic mass is 16.6. The number of aryl methyl sites for hydroxylation is 1. The van der Waals surface area contributed by atoms with Crippen molar-refractivity contribution in [2.24, 2.45) is 0 Å². The Kier molecular flexibility index (Phi) is 8.52. The Morgan fingerprint density at radius 2 is 1.78 bits per heavy atom. The minimum atomic E-state index is -0.280. The summed E-state index contributed by atoms with van der Waals surface area (Å²) < 4.78 is 16.5. The van der Waals surface area contributed by atoms with E-state index in [-0.39, 0.29) is 23.9 Å². The number of methoxy groups -OCH3 is 2. The first-order valence-corrected chi connectivity index (χ1v) is 12.9. The molecule has 2 aromatic carbocycles. The molecule has 2 aromatic rings. The maximum absolute atomic E-state index is 12.7. The standard InChI is InChI=1S/C29H38N2O5/c1-30(2)29(33)36-27-19-31(23-15-13-20-10-7-8-11-22(20)28(23)27)17-9-5-6-12-24(32)21-14-16-25(34-3)26(18-21)35-4/h7-8,10-11,14,16,18,23,27-28H,5-6,9,12-13,15,17,19H2,1-4H3. The molecule has 1 fully saturated rings. The highest BCUT2D eigenvalue weighted by molar-refractivity contribution is 5.96. The predicted octanol–water partition coefficient (Wildman–Crippen LogP) is 4.93. The normalized spacial score (nSPS) is 20.8. The SMILES string of the molecule is COc1ccc(C(=O)CCCCCN2CC(OC(=O)N(C)C)C3c4ccccc4CCC32)cc1OC. The molecule has 7 nitrogen and oxygen atoms in total. The zero-order valence-electron chi connectivity index (χ0n) is 21.9. The molecule has 3 atom stereocenters. The van der Waals surface area contributed by atoms with E-state index in [4.69, 9.17) is 14.2 Å². The third-order valence-electron chi connectivity index (χ3n) is 7.49. The van der Waals surface area contributed by atoms with Gasteiger partial charge in [-0.3, -0.25) is 9.69 Å². The van der Waals surface area contributed by atoms with E-state index >= 15 is 0 Å². The van der Waals surface area contributed by atoms with Crippen molar-refractivity contribution in [1.82, 2.24) is 9.80 Å². The lowest BCUT2D eigenvalue weighted by Crippen LogP contribution is -2.36. The van der Waals surface area contributed by atoms with Crippen molar-refractivity contribution < 1.29 is 23.8 Å². The lowest BCUT2D eigenvalue weighted by Gasteiger charge is -2.34. The summed E-state index contributed by atoms with van der Waals surface area (Å²) in [6.45, 7) is 1.71. The van der Waals surface area contributed by atoms with E-state index in [0.717, 1.165) is 45.2 Å². The number of benzene rings is 2. The molecule has 1 aliphatic carbocycles. The minimum absolute atomic E-state index is 0.122. The maximum Gasteiger partial charge on any atom is 0.409 e. The topological polar surface area (TPSA) is 68.3 Å². The predicted molar refractivity (Wildman–Crippen MR) is 139 cm³/mol. The number of hydrogen-bond acceptors (Lipinski definition) is 6. The summed E-state index contributed by atoms with van der Waals surface area (Å²) in [4.78, 5) is 29.1. The van der Waals surface area contributed by atoms with E-state index in [2.05, 4.69) is 29.2 Å². The number of Topliss-reactive ketones (excluding diaryl/α,β-unsaturated/α-hetero) is 1. The van der Waals surface area contributed by atoms with Crippen LogP contribution in [-0.2, 0) is 11.2 Å². The van der Waals surface area contributed by atoms with Crippen molar-refractivity contribution in [2.45, 2.75) is 56.6 Å². The lowest BCUT2D eigenvalue weighted by molar-refractivity contribution is 0.0708. The second-order valence-electron chi connectivity index (χ2n) is 9.95. The van der Waals surface area contributed by atoms with Gasteiger partial charge >= 0.3 is 6.09 Å². The van der Waals surface area contributed by atoms with Crippen LogP contribution < -0.4 is 9.47 Å². The monoisotopic (exact) mass is 494 g/mol. The molecule has 0 N–H and O–H groups in total. The molecule has 0 aromatic heterocycles. The smallest absolute Gasteiger partial charge is 0.409 e. The molecule has 7 heteroatoms. The second-order valence-corrected chi connectivity index (χ2v) is 9.95. The fourth-order valence-electron chi connectivity index (χ4n) is 5.65. The first kappa shape index (κ1) is 26.0. The Hall–Kier alpha value is -3.06. The van der Waals surface area contributed by atoms with Gasteiger partial charge in [-0.25, -0.2) is 4.79 Å². The number of ketones is 1. The summed E-state index contributed by atoms with van der Waals surface area (Å²) in [5, 5.41) is 0. The third-order valence-corrected chi connectivity index (χ3v) is 7.49. The van der Waals surface area contributed by atoms with Crippen LogP contribution in [0.25, 0.3) is 0 Å². The molecule has 2 aliphatic rings. The van der Waals surface area contributed by atoms with Gasteiger partial charge in [-0.05, 0) is 61.6 Å². The molecule has 1 saturated heterocycles. The average molecular weight is 495 g/mol. The number of amides is 1. The molecule has 4 rings (SSSR count). The fraction of sp³-hybridized carbons (Fsp3) is 0.517. The van der Waals surface area contributed by atoms with Crippen LogP contribution in [-0.4, -0.2) is 75.2 Å². The Morgan fingerprint density at radius 3 is 2.53 bits per heavy atom. The van der Waals surface area contributed by atoms with Gasteiger partial charge in [-0.2, -0.15) is 0 Å². The van der Waals surface area contributed by atoms with Gasteiger partial charge in [0, 0.05) is 44.6 Å². The van der Waals surface area contributed by atoms with Gasteiger partial charge in [0.2, 0.25) is 0 Å². The number of unbranched alkanes of at least 4 members (excludes halogenated alkanes) is 2. The summed E-state index contributed by atoms with van der Waals surface area (Å²) in [5.74, 6) is 1.53. The van der Waals surface area contributed by atoms with E-state index in [1.165, 1.54) is 16.0 Å². The second kappa shape index (κ2) is 11.8. The molecule has 36 heavy (non-hydrogen) atoms. The number of carbonyl (C=O) groups excluding carboxylic acids is 2. The molecule has 1 heterocycles. The molecule has 1 amide bonds. The van der Waals surface area contributed by atoms with Gasteiger partial charge in [0.1, 0.15) is 6.10 Å². The van der Waals surface area contributed by atoms with Crippen molar-refractivity contribution in [3.8, 4) is 11.5 Å². The number of carbonyl (C=O) groups is 2. The Bertz CT molecular complexity index is 1070. The van der Waals surface area contributed by atoms with Crippen LogP contribution in [0.1, 0.15) is 59.5 Å². The quantitative estimate of drug-likeness (QED) is 0.345. The molecule has 1 aliphatic heterocycles. The number of rotatable bonds is 10. The molecule has 0 saturated carbocycles. The van der Waals surface area contributed by atoms with Gasteiger partial charge in [0.15, 0.2) is 17.3 Å². The average Bonchev–Trinajstić information content (AvgIpc) is 3.25. The van der Waals surface area contributed by atoms with Crippen LogP contribution in [0.5, 0.6) is 11.5 Å². The van der Waals surface area contributed by atoms with E-state index in [1.807, 2.05) is 0 Å².